The van der Waals surface area contributed by atoms with Crippen molar-refractivity contribution in [3.63, 3.8) is 0 Å². The number of nitrogens with zero attached hydrogens (tertiary/aromatic N) is 2. The fourth-order valence-corrected chi connectivity index (χ4v) is 4.09. The van der Waals surface area contributed by atoms with E-state index in [2.05, 4.69) is 9.88 Å². The molecule has 1 atom stereocenters. The minimum atomic E-state index is -0.308. The molecule has 20 heavy (non-hydrogen) atoms. The molecule has 0 spiro atoms. The molecule has 3 rings (SSSR count). The maximum absolute atomic E-state index is 14.3. The standard InChI is InChI=1S/C15H18FN3S/c1-19(2)15(10-5-3-4-6-11(10)16)8-7-12-13(9-15)20-14(17)18-12/h3-6H,7-9H2,1-2H3,(H2,17,18). The number of hydrogen-bond acceptors (Lipinski definition) is 4. The van der Waals surface area contributed by atoms with Gasteiger partial charge in [-0.3, -0.25) is 4.90 Å². The Kier molecular flexibility index (Phi) is 3.26. The van der Waals surface area contributed by atoms with E-state index in [1.807, 2.05) is 26.2 Å². The SMILES string of the molecule is CN(C)C1(c2ccccc2F)CCc2nc(N)sc2C1. The fourth-order valence-electron chi connectivity index (χ4n) is 3.11. The zero-order valence-electron chi connectivity index (χ0n) is 11.7. The monoisotopic (exact) mass is 291 g/mol. The van der Waals surface area contributed by atoms with Crippen molar-refractivity contribution in [2.24, 2.45) is 0 Å². The minimum absolute atomic E-state index is 0.137. The first-order valence-corrected chi connectivity index (χ1v) is 7.51. The summed E-state index contributed by atoms with van der Waals surface area (Å²) in [5, 5.41) is 0.609. The molecule has 2 aromatic rings. The van der Waals surface area contributed by atoms with Crippen LogP contribution in [0.5, 0.6) is 0 Å². The summed E-state index contributed by atoms with van der Waals surface area (Å²) in [5.41, 5.74) is 7.35. The molecule has 1 aliphatic carbocycles. The van der Waals surface area contributed by atoms with Crippen LogP contribution in [0.15, 0.2) is 24.3 Å². The molecular formula is C15H18FN3S. The van der Waals surface area contributed by atoms with E-state index in [1.165, 1.54) is 22.3 Å². The molecule has 0 saturated heterocycles. The fraction of sp³-hybridized carbons (Fsp3) is 0.400. The predicted octanol–water partition coefficient (Wildman–Crippen LogP) is 2.81. The molecule has 1 heterocycles. The van der Waals surface area contributed by atoms with E-state index in [0.717, 1.165) is 30.5 Å². The lowest BCUT2D eigenvalue weighted by Gasteiger charge is -2.43. The van der Waals surface area contributed by atoms with Crippen LogP contribution >= 0.6 is 11.3 Å². The first kappa shape index (κ1) is 13.5. The van der Waals surface area contributed by atoms with Crippen LogP contribution in [0.1, 0.15) is 22.6 Å². The molecule has 0 saturated carbocycles. The number of aromatic nitrogens is 1. The van der Waals surface area contributed by atoms with Crippen LogP contribution in [0.4, 0.5) is 9.52 Å². The van der Waals surface area contributed by atoms with Crippen LogP contribution < -0.4 is 5.73 Å². The van der Waals surface area contributed by atoms with E-state index in [0.29, 0.717) is 5.13 Å². The van der Waals surface area contributed by atoms with Gasteiger partial charge < -0.3 is 5.73 Å². The summed E-state index contributed by atoms with van der Waals surface area (Å²) in [4.78, 5) is 7.69. The van der Waals surface area contributed by atoms with Crippen LogP contribution in [0, 0.1) is 5.82 Å². The number of rotatable bonds is 2. The van der Waals surface area contributed by atoms with Gasteiger partial charge in [-0.25, -0.2) is 9.37 Å². The van der Waals surface area contributed by atoms with Crippen molar-refractivity contribution < 1.29 is 4.39 Å². The van der Waals surface area contributed by atoms with Gasteiger partial charge in [-0.05, 0) is 33.0 Å². The molecule has 1 unspecified atom stereocenters. The summed E-state index contributed by atoms with van der Waals surface area (Å²) in [6.07, 6.45) is 2.47. The highest BCUT2D eigenvalue weighted by atomic mass is 32.1. The summed E-state index contributed by atoms with van der Waals surface area (Å²) in [5.74, 6) is -0.137. The molecule has 0 bridgehead atoms. The first-order valence-electron chi connectivity index (χ1n) is 6.69. The molecule has 3 nitrogen and oxygen atoms in total. The van der Waals surface area contributed by atoms with E-state index in [1.54, 1.807) is 6.07 Å². The third kappa shape index (κ3) is 2.01. The average molecular weight is 291 g/mol. The van der Waals surface area contributed by atoms with E-state index in [4.69, 9.17) is 5.73 Å². The zero-order chi connectivity index (χ0) is 14.3. The van der Waals surface area contributed by atoms with Crippen LogP contribution in [0.3, 0.4) is 0 Å². The molecule has 1 aromatic heterocycles. The summed E-state index contributed by atoms with van der Waals surface area (Å²) in [6, 6.07) is 7.07. The third-order valence-electron chi connectivity index (χ3n) is 4.25. The number of hydrogen-bond donors (Lipinski definition) is 1. The van der Waals surface area contributed by atoms with Crippen molar-refractivity contribution in [1.82, 2.24) is 9.88 Å². The Morgan fingerprint density at radius 3 is 2.80 bits per heavy atom. The van der Waals surface area contributed by atoms with Gasteiger partial charge in [-0.1, -0.05) is 18.2 Å². The lowest BCUT2D eigenvalue weighted by Crippen LogP contribution is -2.46. The molecule has 0 radical (unpaired) electrons. The number of likely N-dealkylation sites (N-methyl/N-ethyl adjacent to an activating group) is 1. The second kappa shape index (κ2) is 4.82. The molecule has 1 aromatic carbocycles. The number of thiazole rings is 1. The van der Waals surface area contributed by atoms with Gasteiger partial charge in [-0.15, -0.1) is 11.3 Å². The summed E-state index contributed by atoms with van der Waals surface area (Å²) in [7, 11) is 4.03. The van der Waals surface area contributed by atoms with Gasteiger partial charge in [0.1, 0.15) is 5.82 Å². The van der Waals surface area contributed by atoms with Gasteiger partial charge in [0.25, 0.3) is 0 Å². The largest absolute Gasteiger partial charge is 0.375 e. The van der Waals surface area contributed by atoms with Gasteiger partial charge in [-0.2, -0.15) is 0 Å². The highest BCUT2D eigenvalue weighted by Crippen LogP contribution is 2.43. The molecular weight excluding hydrogens is 273 g/mol. The molecule has 0 amide bonds. The van der Waals surface area contributed by atoms with Crippen LogP contribution in [0.25, 0.3) is 0 Å². The van der Waals surface area contributed by atoms with Crippen molar-refractivity contribution in [2.75, 3.05) is 19.8 Å². The Morgan fingerprint density at radius 2 is 2.10 bits per heavy atom. The van der Waals surface area contributed by atoms with Crippen LogP contribution in [-0.4, -0.2) is 24.0 Å². The Balaban J connectivity index is 2.10. The predicted molar refractivity (Wildman–Crippen MR) is 80.3 cm³/mol. The van der Waals surface area contributed by atoms with E-state index >= 15 is 0 Å². The van der Waals surface area contributed by atoms with E-state index < -0.39 is 0 Å². The Bertz CT molecular complexity index is 638. The van der Waals surface area contributed by atoms with Crippen LogP contribution in [-0.2, 0) is 18.4 Å². The summed E-state index contributed by atoms with van der Waals surface area (Å²) < 4.78 is 14.3. The quantitative estimate of drug-likeness (QED) is 0.925. The van der Waals surface area contributed by atoms with E-state index in [-0.39, 0.29) is 11.4 Å². The normalized spacial score (nSPS) is 22.0. The van der Waals surface area contributed by atoms with Crippen molar-refractivity contribution in [3.8, 4) is 0 Å². The molecule has 1 aliphatic rings. The van der Waals surface area contributed by atoms with Gasteiger partial charge in [0, 0.05) is 16.9 Å². The average Bonchev–Trinajstić information content (AvgIpc) is 2.77. The summed E-state index contributed by atoms with van der Waals surface area (Å²) >= 11 is 1.53. The lowest BCUT2D eigenvalue weighted by atomic mass is 9.76. The topological polar surface area (TPSA) is 42.2 Å². The van der Waals surface area contributed by atoms with Gasteiger partial charge in [0.15, 0.2) is 5.13 Å². The van der Waals surface area contributed by atoms with Crippen molar-refractivity contribution in [3.05, 3.63) is 46.2 Å². The Morgan fingerprint density at radius 1 is 1.35 bits per heavy atom. The number of halogens is 1. The second-order valence-corrected chi connectivity index (χ2v) is 6.62. The first-order chi connectivity index (χ1) is 9.53. The van der Waals surface area contributed by atoms with Crippen LogP contribution in [0.2, 0.25) is 0 Å². The second-order valence-electron chi connectivity index (χ2n) is 5.50. The maximum atomic E-state index is 14.3. The molecule has 2 N–H and O–H groups in total. The van der Waals surface area contributed by atoms with Gasteiger partial charge in [0.2, 0.25) is 0 Å². The van der Waals surface area contributed by atoms with Gasteiger partial charge >= 0.3 is 0 Å². The lowest BCUT2D eigenvalue weighted by molar-refractivity contribution is 0.126. The molecule has 0 aliphatic heterocycles. The Labute approximate surface area is 122 Å². The van der Waals surface area contributed by atoms with Crippen molar-refractivity contribution in [2.45, 2.75) is 24.8 Å². The minimum Gasteiger partial charge on any atom is -0.375 e. The maximum Gasteiger partial charge on any atom is 0.180 e. The zero-order valence-corrected chi connectivity index (χ0v) is 12.5. The van der Waals surface area contributed by atoms with Gasteiger partial charge in [0.05, 0.1) is 11.2 Å². The highest BCUT2D eigenvalue weighted by molar-refractivity contribution is 7.15. The number of benzene rings is 1. The molecule has 106 valence electrons. The summed E-state index contributed by atoms with van der Waals surface area (Å²) in [6.45, 7) is 0. The number of nitrogens with two attached hydrogens (primary N) is 1. The number of anilines is 1. The van der Waals surface area contributed by atoms with Crippen molar-refractivity contribution in [1.29, 1.82) is 0 Å². The third-order valence-corrected chi connectivity index (χ3v) is 5.18. The smallest absolute Gasteiger partial charge is 0.180 e. The van der Waals surface area contributed by atoms with E-state index in [9.17, 15) is 4.39 Å². The molecule has 0 fully saturated rings. The number of aryl methyl sites for hydroxylation is 1. The Hall–Kier alpha value is -1.46. The number of fused-ring (bicyclic) bond motifs is 1. The molecule has 5 heteroatoms. The highest BCUT2D eigenvalue weighted by Gasteiger charge is 2.41. The number of nitrogen functional groups attached to an aromatic ring is 1. The van der Waals surface area contributed by atoms with Crippen molar-refractivity contribution >= 4 is 16.5 Å².